The first-order valence-corrected chi connectivity index (χ1v) is 5.46. The predicted octanol–water partition coefficient (Wildman–Crippen LogP) is 2.88. The van der Waals surface area contributed by atoms with Crippen molar-refractivity contribution in [2.75, 3.05) is 5.32 Å². The van der Waals surface area contributed by atoms with Crippen LogP contribution in [0.4, 0.5) is 10.1 Å². The standard InChI is InChI=1S/C12H14FNO2/c13-8-5-6-11(10(7-8)12(15)16)14-9-3-1-2-4-9/h5-7,9,14H,1-4H2,(H,15,16). The molecular weight excluding hydrogens is 209 g/mol. The number of rotatable bonds is 3. The zero-order valence-corrected chi connectivity index (χ0v) is 8.87. The molecule has 1 aliphatic rings. The van der Waals surface area contributed by atoms with Gasteiger partial charge in [-0.2, -0.15) is 0 Å². The first-order valence-electron chi connectivity index (χ1n) is 5.46. The topological polar surface area (TPSA) is 49.3 Å². The summed E-state index contributed by atoms with van der Waals surface area (Å²) < 4.78 is 12.9. The molecular formula is C12H14FNO2. The Bertz CT molecular complexity index is 400. The normalized spacial score (nSPS) is 16.3. The van der Waals surface area contributed by atoms with E-state index in [9.17, 15) is 9.18 Å². The summed E-state index contributed by atoms with van der Waals surface area (Å²) in [6, 6.07) is 4.16. The maximum absolute atomic E-state index is 12.9. The Morgan fingerprint density at radius 1 is 1.38 bits per heavy atom. The average molecular weight is 223 g/mol. The van der Waals surface area contributed by atoms with Crippen molar-refractivity contribution in [3.63, 3.8) is 0 Å². The van der Waals surface area contributed by atoms with Gasteiger partial charge >= 0.3 is 5.97 Å². The average Bonchev–Trinajstić information content (AvgIpc) is 2.73. The molecule has 1 aromatic carbocycles. The maximum atomic E-state index is 12.9. The molecule has 1 aliphatic carbocycles. The minimum absolute atomic E-state index is 0.00639. The molecule has 0 spiro atoms. The molecule has 0 aromatic heterocycles. The summed E-state index contributed by atoms with van der Waals surface area (Å²) in [5.74, 6) is -1.62. The van der Waals surface area contributed by atoms with Crippen LogP contribution in [0.5, 0.6) is 0 Å². The molecule has 0 radical (unpaired) electrons. The van der Waals surface area contributed by atoms with Crippen LogP contribution in [0.25, 0.3) is 0 Å². The first-order chi connectivity index (χ1) is 7.66. The SMILES string of the molecule is O=C(O)c1cc(F)ccc1NC1CCCC1. The van der Waals surface area contributed by atoms with Gasteiger partial charge in [0.15, 0.2) is 0 Å². The Labute approximate surface area is 93.3 Å². The lowest BCUT2D eigenvalue weighted by atomic mass is 10.1. The van der Waals surface area contributed by atoms with Gasteiger partial charge in [-0.1, -0.05) is 12.8 Å². The van der Waals surface area contributed by atoms with Crippen molar-refractivity contribution in [2.24, 2.45) is 0 Å². The fourth-order valence-electron chi connectivity index (χ4n) is 2.11. The van der Waals surface area contributed by atoms with Crippen molar-refractivity contribution in [3.8, 4) is 0 Å². The number of aromatic carboxylic acids is 1. The van der Waals surface area contributed by atoms with E-state index < -0.39 is 11.8 Å². The Morgan fingerprint density at radius 2 is 2.06 bits per heavy atom. The van der Waals surface area contributed by atoms with Crippen molar-refractivity contribution in [1.82, 2.24) is 0 Å². The Balaban J connectivity index is 2.21. The van der Waals surface area contributed by atoms with Gasteiger partial charge in [0.1, 0.15) is 5.82 Å². The summed E-state index contributed by atoms with van der Waals surface area (Å²) in [6.07, 6.45) is 4.44. The van der Waals surface area contributed by atoms with Crippen molar-refractivity contribution >= 4 is 11.7 Å². The van der Waals surface area contributed by atoms with Crippen LogP contribution in [0.2, 0.25) is 0 Å². The number of anilines is 1. The predicted molar refractivity (Wildman–Crippen MR) is 59.2 cm³/mol. The van der Waals surface area contributed by atoms with E-state index in [0.717, 1.165) is 18.9 Å². The molecule has 3 nitrogen and oxygen atoms in total. The highest BCUT2D eigenvalue weighted by Crippen LogP contribution is 2.25. The van der Waals surface area contributed by atoms with E-state index in [1.54, 1.807) is 0 Å². The Morgan fingerprint density at radius 3 is 2.69 bits per heavy atom. The Hall–Kier alpha value is -1.58. The molecule has 1 fully saturated rings. The van der Waals surface area contributed by atoms with Crippen LogP contribution < -0.4 is 5.32 Å². The molecule has 0 unspecified atom stereocenters. The fourth-order valence-corrected chi connectivity index (χ4v) is 2.11. The van der Waals surface area contributed by atoms with Crippen LogP contribution in [0, 0.1) is 5.82 Å². The van der Waals surface area contributed by atoms with Gasteiger partial charge in [0.05, 0.1) is 5.56 Å². The quantitative estimate of drug-likeness (QED) is 0.828. The van der Waals surface area contributed by atoms with E-state index in [2.05, 4.69) is 5.32 Å². The summed E-state index contributed by atoms with van der Waals surface area (Å²) in [5, 5.41) is 12.1. The molecule has 16 heavy (non-hydrogen) atoms. The van der Waals surface area contributed by atoms with Gasteiger partial charge in [0.2, 0.25) is 0 Å². The molecule has 2 N–H and O–H groups in total. The van der Waals surface area contributed by atoms with Crippen molar-refractivity contribution in [1.29, 1.82) is 0 Å². The third kappa shape index (κ3) is 2.32. The fraction of sp³-hybridized carbons (Fsp3) is 0.417. The van der Waals surface area contributed by atoms with Crippen LogP contribution >= 0.6 is 0 Å². The third-order valence-corrected chi connectivity index (χ3v) is 2.93. The van der Waals surface area contributed by atoms with E-state index in [1.165, 1.54) is 25.0 Å². The number of carboxylic acid groups (broad SMARTS) is 1. The van der Waals surface area contributed by atoms with E-state index in [0.29, 0.717) is 11.7 Å². The van der Waals surface area contributed by atoms with Gasteiger partial charge in [0, 0.05) is 11.7 Å². The van der Waals surface area contributed by atoms with E-state index >= 15 is 0 Å². The van der Waals surface area contributed by atoms with Gasteiger partial charge in [0.25, 0.3) is 0 Å². The molecule has 86 valence electrons. The summed E-state index contributed by atoms with van der Waals surface area (Å²) in [5.41, 5.74) is 0.521. The smallest absolute Gasteiger partial charge is 0.337 e. The lowest BCUT2D eigenvalue weighted by Crippen LogP contribution is -2.17. The molecule has 1 aromatic rings. The number of hydrogen-bond donors (Lipinski definition) is 2. The first kappa shape index (κ1) is 10.9. The second-order valence-corrected chi connectivity index (χ2v) is 4.12. The lowest BCUT2D eigenvalue weighted by Gasteiger charge is -2.15. The maximum Gasteiger partial charge on any atom is 0.337 e. The zero-order chi connectivity index (χ0) is 11.5. The van der Waals surface area contributed by atoms with Gasteiger partial charge in [-0.25, -0.2) is 9.18 Å². The summed E-state index contributed by atoms with van der Waals surface area (Å²) in [6.45, 7) is 0. The molecule has 0 amide bonds. The number of halogens is 1. The summed E-state index contributed by atoms with van der Waals surface area (Å²) in [4.78, 5) is 10.9. The van der Waals surface area contributed by atoms with Gasteiger partial charge < -0.3 is 10.4 Å². The minimum atomic E-state index is -1.10. The zero-order valence-electron chi connectivity index (χ0n) is 8.87. The van der Waals surface area contributed by atoms with E-state index in [1.807, 2.05) is 0 Å². The van der Waals surface area contributed by atoms with E-state index in [4.69, 9.17) is 5.11 Å². The van der Waals surface area contributed by atoms with Crippen LogP contribution in [-0.4, -0.2) is 17.1 Å². The highest BCUT2D eigenvalue weighted by atomic mass is 19.1. The number of carboxylic acids is 1. The molecule has 0 saturated heterocycles. The van der Waals surface area contributed by atoms with Crippen LogP contribution in [0.1, 0.15) is 36.0 Å². The van der Waals surface area contributed by atoms with Gasteiger partial charge in [-0.05, 0) is 31.0 Å². The van der Waals surface area contributed by atoms with Crippen molar-refractivity contribution in [2.45, 2.75) is 31.7 Å². The lowest BCUT2D eigenvalue weighted by molar-refractivity contribution is 0.0697. The van der Waals surface area contributed by atoms with Crippen LogP contribution in [0.3, 0.4) is 0 Å². The third-order valence-electron chi connectivity index (χ3n) is 2.93. The number of hydrogen-bond acceptors (Lipinski definition) is 2. The van der Waals surface area contributed by atoms with Gasteiger partial charge in [-0.3, -0.25) is 0 Å². The molecule has 2 rings (SSSR count). The number of benzene rings is 1. The molecule has 0 bridgehead atoms. The van der Waals surface area contributed by atoms with Crippen molar-refractivity contribution in [3.05, 3.63) is 29.6 Å². The van der Waals surface area contributed by atoms with Crippen molar-refractivity contribution < 1.29 is 14.3 Å². The van der Waals surface area contributed by atoms with Crippen LogP contribution in [0.15, 0.2) is 18.2 Å². The van der Waals surface area contributed by atoms with Crippen LogP contribution in [-0.2, 0) is 0 Å². The molecule has 0 atom stereocenters. The molecule has 0 aliphatic heterocycles. The second kappa shape index (κ2) is 4.51. The summed E-state index contributed by atoms with van der Waals surface area (Å²) >= 11 is 0. The second-order valence-electron chi connectivity index (χ2n) is 4.12. The summed E-state index contributed by atoms with van der Waals surface area (Å²) in [7, 11) is 0. The number of carbonyl (C=O) groups is 1. The minimum Gasteiger partial charge on any atom is -0.478 e. The molecule has 4 heteroatoms. The Kier molecular flexibility index (Phi) is 3.08. The monoisotopic (exact) mass is 223 g/mol. The van der Waals surface area contributed by atoms with E-state index in [-0.39, 0.29) is 5.56 Å². The molecule has 0 heterocycles. The highest BCUT2D eigenvalue weighted by molar-refractivity contribution is 5.94. The largest absolute Gasteiger partial charge is 0.478 e. The number of nitrogens with one attached hydrogen (secondary N) is 1. The van der Waals surface area contributed by atoms with Gasteiger partial charge in [-0.15, -0.1) is 0 Å². The molecule has 1 saturated carbocycles. The highest BCUT2D eigenvalue weighted by Gasteiger charge is 2.18.